The van der Waals surface area contributed by atoms with E-state index in [0.29, 0.717) is 0 Å². The third-order valence-electron chi connectivity index (χ3n) is 3.32. The maximum Gasteiger partial charge on any atom is 0.0864 e. The zero-order valence-electron chi connectivity index (χ0n) is 9.78. The number of hydrogen-bond donors (Lipinski definition) is 0. The van der Waals surface area contributed by atoms with Gasteiger partial charge in [-0.25, -0.2) is 0 Å². The molecule has 14 heavy (non-hydrogen) atoms. The van der Waals surface area contributed by atoms with Crippen LogP contribution in [0.25, 0.3) is 0 Å². The van der Waals surface area contributed by atoms with Gasteiger partial charge < -0.3 is 0 Å². The van der Waals surface area contributed by atoms with E-state index in [1.165, 1.54) is 29.6 Å². The molecule has 5 radical (unpaired) electrons. The van der Waals surface area contributed by atoms with Crippen LogP contribution in [0.2, 0.25) is 0 Å². The predicted octanol–water partition coefficient (Wildman–Crippen LogP) is 4.12. The molecule has 0 saturated heterocycles. The fourth-order valence-electron chi connectivity index (χ4n) is 2.02. The third kappa shape index (κ3) is 2.16. The number of rotatable bonds is 4. The maximum atomic E-state index is 3.70. The van der Waals surface area contributed by atoms with Gasteiger partial charge in [-0.05, 0) is 36.0 Å². The van der Waals surface area contributed by atoms with Crippen LogP contribution in [0.4, 0.5) is 0 Å². The Balaban J connectivity index is 2.47. The molecular formula is C14H20+. The molecule has 0 aliphatic heterocycles. The van der Waals surface area contributed by atoms with Crippen molar-refractivity contribution >= 4 is 0 Å². The van der Waals surface area contributed by atoms with Gasteiger partial charge in [0.2, 0.25) is 0 Å². The lowest BCUT2D eigenvalue weighted by Gasteiger charge is -2.17. The summed E-state index contributed by atoms with van der Waals surface area (Å²) in [6, 6.07) is 0. The van der Waals surface area contributed by atoms with Crippen molar-refractivity contribution in [3.8, 4) is 0 Å². The molecule has 0 heterocycles. The van der Waals surface area contributed by atoms with Crippen molar-refractivity contribution in [2.75, 3.05) is 0 Å². The second-order valence-corrected chi connectivity index (χ2v) is 3.99. The van der Waals surface area contributed by atoms with Crippen molar-refractivity contribution in [2.24, 2.45) is 0 Å². The molecular weight excluding hydrogens is 168 g/mol. The molecule has 0 amide bonds. The van der Waals surface area contributed by atoms with E-state index >= 15 is 0 Å². The Bertz CT molecular complexity index is 168. The van der Waals surface area contributed by atoms with Gasteiger partial charge in [0.05, 0.1) is 6.08 Å². The molecule has 1 aliphatic carbocycles. The molecule has 0 bridgehead atoms. The highest BCUT2D eigenvalue weighted by atomic mass is 14.5. The summed E-state index contributed by atoms with van der Waals surface area (Å²) in [4.78, 5) is 0. The first-order valence-corrected chi connectivity index (χ1v) is 5.25. The standard InChI is InChI=1S/C14H20/c1-6-7-8-9-14-12(4)10(2)11(3)13(14)5/h6-7H,1,8-9H2,2-5H3/q+1. The van der Waals surface area contributed by atoms with Crippen LogP contribution in [-0.4, -0.2) is 0 Å². The van der Waals surface area contributed by atoms with E-state index in [1.807, 2.05) is 6.08 Å². The average molecular weight is 188 g/mol. The molecule has 0 aromatic carbocycles. The summed E-state index contributed by atoms with van der Waals surface area (Å²) >= 11 is 0. The normalized spacial score (nSPS) is 23.1. The zero-order valence-corrected chi connectivity index (χ0v) is 9.78. The average Bonchev–Trinajstić information content (AvgIpc) is 2.35. The molecule has 1 aliphatic rings. The Morgan fingerprint density at radius 2 is 1.50 bits per heavy atom. The molecule has 75 valence electrons. The van der Waals surface area contributed by atoms with Gasteiger partial charge in [-0.2, -0.15) is 0 Å². The third-order valence-corrected chi connectivity index (χ3v) is 3.32. The minimum Gasteiger partial charge on any atom is -0.0579 e. The highest BCUT2D eigenvalue weighted by Crippen LogP contribution is 2.53. The Kier molecular flexibility index (Phi) is 4.10. The molecule has 0 spiro atoms. The van der Waals surface area contributed by atoms with E-state index in [1.54, 1.807) is 0 Å². The van der Waals surface area contributed by atoms with Crippen molar-refractivity contribution in [2.45, 2.75) is 40.5 Å². The van der Waals surface area contributed by atoms with Gasteiger partial charge >= 0.3 is 0 Å². The quantitative estimate of drug-likeness (QED) is 0.460. The lowest BCUT2D eigenvalue weighted by molar-refractivity contribution is 0.796. The summed E-state index contributed by atoms with van der Waals surface area (Å²) in [5, 5.41) is 0. The van der Waals surface area contributed by atoms with E-state index in [-0.39, 0.29) is 0 Å². The Morgan fingerprint density at radius 3 is 1.93 bits per heavy atom. The Hall–Kier alpha value is -0.390. The van der Waals surface area contributed by atoms with Crippen LogP contribution in [0.15, 0.2) is 12.7 Å². The van der Waals surface area contributed by atoms with E-state index in [4.69, 9.17) is 0 Å². The molecule has 0 atom stereocenters. The van der Waals surface area contributed by atoms with Gasteiger partial charge in [-0.15, -0.1) is 0 Å². The topological polar surface area (TPSA) is 0 Å². The molecule has 0 nitrogen and oxygen atoms in total. The number of hydrogen-bond acceptors (Lipinski definition) is 0. The summed E-state index contributed by atoms with van der Waals surface area (Å²) in [5.74, 6) is 7.44. The molecule has 0 aromatic rings. The van der Waals surface area contributed by atoms with Crippen LogP contribution in [0.1, 0.15) is 40.5 Å². The van der Waals surface area contributed by atoms with Gasteiger partial charge in [-0.3, -0.25) is 0 Å². The molecule has 0 heteroatoms. The number of unbranched alkanes of at least 4 members (excludes halogenated alkanes) is 1. The maximum absolute atomic E-state index is 3.70. The van der Waals surface area contributed by atoms with Crippen LogP contribution < -0.4 is 0 Å². The largest absolute Gasteiger partial charge is 0.0864 e. The smallest absolute Gasteiger partial charge is 0.0579 e. The van der Waals surface area contributed by atoms with E-state index in [9.17, 15) is 0 Å². The highest BCUT2D eigenvalue weighted by molar-refractivity contribution is 5.58. The van der Waals surface area contributed by atoms with E-state index < -0.39 is 0 Å². The molecule has 0 unspecified atom stereocenters. The van der Waals surface area contributed by atoms with Crippen LogP contribution in [0.5, 0.6) is 0 Å². The first-order valence-electron chi connectivity index (χ1n) is 5.25. The van der Waals surface area contributed by atoms with Gasteiger partial charge in [-0.1, -0.05) is 27.7 Å². The minimum atomic E-state index is 1.11. The van der Waals surface area contributed by atoms with Crippen LogP contribution in [-0.2, 0) is 0 Å². The van der Waals surface area contributed by atoms with E-state index in [2.05, 4.69) is 40.7 Å². The molecule has 1 rings (SSSR count). The van der Waals surface area contributed by atoms with Crippen LogP contribution in [0.3, 0.4) is 0 Å². The van der Waals surface area contributed by atoms with Crippen molar-refractivity contribution < 1.29 is 0 Å². The SMILES string of the molecule is C=C[CH+]CC[C]1[C](C)[C](C)[C](C)[C]1C. The molecule has 1 fully saturated rings. The van der Waals surface area contributed by atoms with Crippen molar-refractivity contribution in [3.05, 3.63) is 48.7 Å². The fraction of sp³-hybridized carbons (Fsp3) is 0.429. The second-order valence-electron chi connectivity index (χ2n) is 3.99. The summed E-state index contributed by atoms with van der Waals surface area (Å²) in [6.07, 6.45) is 6.27. The minimum absolute atomic E-state index is 1.11. The summed E-state index contributed by atoms with van der Waals surface area (Å²) < 4.78 is 0. The lowest BCUT2D eigenvalue weighted by Crippen LogP contribution is -2.06. The predicted molar refractivity (Wildman–Crippen MR) is 62.6 cm³/mol. The fourth-order valence-corrected chi connectivity index (χ4v) is 2.02. The Morgan fingerprint density at radius 1 is 1.00 bits per heavy atom. The summed E-state index contributed by atoms with van der Waals surface area (Å²) in [7, 11) is 0. The van der Waals surface area contributed by atoms with Gasteiger partial charge in [0.1, 0.15) is 0 Å². The van der Waals surface area contributed by atoms with E-state index in [0.717, 1.165) is 12.8 Å². The lowest BCUT2D eigenvalue weighted by atomic mass is 9.85. The first-order chi connectivity index (χ1) is 6.59. The Labute approximate surface area is 89.8 Å². The summed E-state index contributed by atoms with van der Waals surface area (Å²) in [5.41, 5.74) is 0. The van der Waals surface area contributed by atoms with Crippen molar-refractivity contribution in [3.63, 3.8) is 0 Å². The molecule has 0 N–H and O–H groups in total. The van der Waals surface area contributed by atoms with Crippen molar-refractivity contribution in [1.29, 1.82) is 0 Å². The van der Waals surface area contributed by atoms with Crippen LogP contribution in [0, 0.1) is 36.0 Å². The van der Waals surface area contributed by atoms with Gasteiger partial charge in [0.15, 0.2) is 0 Å². The highest BCUT2D eigenvalue weighted by Gasteiger charge is 2.42. The monoisotopic (exact) mass is 188 g/mol. The first kappa shape index (κ1) is 11.7. The molecule has 0 aromatic heterocycles. The van der Waals surface area contributed by atoms with Crippen LogP contribution >= 0.6 is 0 Å². The molecule has 1 saturated carbocycles. The van der Waals surface area contributed by atoms with Gasteiger partial charge in [0.25, 0.3) is 0 Å². The second kappa shape index (κ2) is 4.91. The van der Waals surface area contributed by atoms with Gasteiger partial charge in [0, 0.05) is 19.4 Å². The summed E-state index contributed by atoms with van der Waals surface area (Å²) in [6.45, 7) is 12.6. The number of allylic oxidation sites excluding steroid dienone is 1. The van der Waals surface area contributed by atoms with Crippen molar-refractivity contribution in [1.82, 2.24) is 0 Å². The zero-order chi connectivity index (χ0) is 10.7.